The van der Waals surface area contributed by atoms with Gasteiger partial charge in [0.05, 0.1) is 11.6 Å². The second-order valence-electron chi connectivity index (χ2n) is 4.49. The molecular formula is C17H9NO2. The van der Waals surface area contributed by atoms with Crippen LogP contribution in [0.3, 0.4) is 0 Å². The zero-order valence-corrected chi connectivity index (χ0v) is 10.5. The van der Waals surface area contributed by atoms with Gasteiger partial charge in [0.1, 0.15) is 0 Å². The zero-order chi connectivity index (χ0) is 14.1. The van der Waals surface area contributed by atoms with Gasteiger partial charge in [0.15, 0.2) is 11.6 Å². The average molecular weight is 259 g/mol. The van der Waals surface area contributed by atoms with Crippen LogP contribution in [0.15, 0.2) is 54.6 Å². The van der Waals surface area contributed by atoms with Gasteiger partial charge in [-0.25, -0.2) is 0 Å². The lowest BCUT2D eigenvalue weighted by Crippen LogP contribution is -2.15. The van der Waals surface area contributed by atoms with Crippen molar-refractivity contribution in [3.05, 3.63) is 76.9 Å². The van der Waals surface area contributed by atoms with Gasteiger partial charge in [-0.05, 0) is 23.8 Å². The van der Waals surface area contributed by atoms with Gasteiger partial charge in [-0.15, -0.1) is 0 Å². The molecule has 1 aliphatic carbocycles. The summed E-state index contributed by atoms with van der Waals surface area (Å²) in [7, 11) is 0. The second-order valence-corrected chi connectivity index (χ2v) is 4.49. The van der Waals surface area contributed by atoms with Crippen molar-refractivity contribution in [2.45, 2.75) is 0 Å². The molecule has 2 aromatic rings. The lowest BCUT2D eigenvalue weighted by molar-refractivity contribution is 0.100. The molecule has 0 spiro atoms. The predicted molar refractivity (Wildman–Crippen MR) is 74.2 cm³/mol. The Kier molecular flexibility index (Phi) is 2.77. The summed E-state index contributed by atoms with van der Waals surface area (Å²) >= 11 is 0. The molecular weight excluding hydrogens is 250 g/mol. The minimum Gasteiger partial charge on any atom is -0.289 e. The molecule has 0 unspecified atom stereocenters. The lowest BCUT2D eigenvalue weighted by atomic mass is 9.86. The summed E-state index contributed by atoms with van der Waals surface area (Å²) in [6.45, 7) is 0. The van der Waals surface area contributed by atoms with E-state index in [1.54, 1.807) is 48.5 Å². The van der Waals surface area contributed by atoms with Crippen molar-refractivity contribution in [1.82, 2.24) is 0 Å². The number of hydrogen-bond acceptors (Lipinski definition) is 3. The summed E-state index contributed by atoms with van der Waals surface area (Å²) in [6.07, 6.45) is 1.37. The third kappa shape index (κ3) is 1.84. The van der Waals surface area contributed by atoms with Crippen LogP contribution in [-0.2, 0) is 0 Å². The number of ketones is 2. The van der Waals surface area contributed by atoms with Crippen LogP contribution in [0.2, 0.25) is 0 Å². The van der Waals surface area contributed by atoms with Crippen molar-refractivity contribution in [2.75, 3.05) is 0 Å². The van der Waals surface area contributed by atoms with Crippen LogP contribution in [0.4, 0.5) is 0 Å². The highest BCUT2D eigenvalue weighted by molar-refractivity contribution is 6.38. The van der Waals surface area contributed by atoms with Crippen LogP contribution in [0.1, 0.15) is 31.8 Å². The molecule has 1 aliphatic rings. The molecule has 0 N–H and O–H groups in total. The molecule has 0 heterocycles. The molecule has 0 fully saturated rings. The van der Waals surface area contributed by atoms with E-state index >= 15 is 0 Å². The number of hydrogen-bond donors (Lipinski definition) is 0. The van der Waals surface area contributed by atoms with E-state index in [1.807, 2.05) is 6.07 Å². The van der Waals surface area contributed by atoms with Crippen molar-refractivity contribution >= 4 is 17.1 Å². The van der Waals surface area contributed by atoms with Crippen molar-refractivity contribution in [3.8, 4) is 6.07 Å². The predicted octanol–water partition coefficient (Wildman–Crippen LogP) is 3.02. The molecule has 0 amide bonds. The second kappa shape index (κ2) is 4.60. The maximum atomic E-state index is 12.4. The Morgan fingerprint density at radius 1 is 0.850 bits per heavy atom. The maximum Gasteiger partial charge on any atom is 0.194 e. The number of benzene rings is 2. The Bertz CT molecular complexity index is 792. The van der Waals surface area contributed by atoms with E-state index in [2.05, 4.69) is 0 Å². The molecule has 0 saturated heterocycles. The van der Waals surface area contributed by atoms with Gasteiger partial charge >= 0.3 is 0 Å². The number of rotatable bonds is 1. The fourth-order valence-corrected chi connectivity index (χ4v) is 2.25. The summed E-state index contributed by atoms with van der Waals surface area (Å²) in [6, 6.07) is 15.5. The standard InChI is InChI=1S/C17H9NO2/c18-10-11-5-7-12(8-6-11)15-9-16(19)13-3-1-2-4-14(13)17(15)20/h1-9H. The number of allylic oxidation sites excluding steroid dienone is 2. The van der Waals surface area contributed by atoms with E-state index in [-0.39, 0.29) is 11.6 Å². The zero-order valence-electron chi connectivity index (χ0n) is 10.5. The van der Waals surface area contributed by atoms with Crippen LogP contribution in [0.25, 0.3) is 5.57 Å². The number of fused-ring (bicyclic) bond motifs is 1. The molecule has 0 bridgehead atoms. The fourth-order valence-electron chi connectivity index (χ4n) is 2.25. The summed E-state index contributed by atoms with van der Waals surface area (Å²) < 4.78 is 0. The van der Waals surface area contributed by atoms with Crippen LogP contribution >= 0.6 is 0 Å². The largest absolute Gasteiger partial charge is 0.289 e. The third-order valence-corrected chi connectivity index (χ3v) is 3.28. The van der Waals surface area contributed by atoms with Gasteiger partial charge in [-0.1, -0.05) is 36.4 Å². The minimum atomic E-state index is -0.167. The molecule has 20 heavy (non-hydrogen) atoms. The number of carbonyl (C=O) groups excluding carboxylic acids is 2. The highest BCUT2D eigenvalue weighted by Gasteiger charge is 2.25. The Labute approximate surface area is 115 Å². The Balaban J connectivity index is 2.10. The molecule has 3 rings (SSSR count). The number of nitriles is 1. The summed E-state index contributed by atoms with van der Waals surface area (Å²) in [5.41, 5.74) is 2.41. The molecule has 94 valence electrons. The van der Waals surface area contributed by atoms with Crippen molar-refractivity contribution in [3.63, 3.8) is 0 Å². The Morgan fingerprint density at radius 2 is 1.50 bits per heavy atom. The molecule has 3 heteroatoms. The molecule has 0 radical (unpaired) electrons. The lowest BCUT2D eigenvalue weighted by Gasteiger charge is -2.14. The SMILES string of the molecule is N#Cc1ccc(C2=CC(=O)c3ccccc3C2=O)cc1. The highest BCUT2D eigenvalue weighted by atomic mass is 16.1. The molecule has 0 aliphatic heterocycles. The van der Waals surface area contributed by atoms with Crippen LogP contribution in [0, 0.1) is 11.3 Å². The van der Waals surface area contributed by atoms with Gasteiger partial charge in [0.2, 0.25) is 0 Å². The van der Waals surface area contributed by atoms with Gasteiger partial charge < -0.3 is 0 Å². The number of carbonyl (C=O) groups is 2. The Morgan fingerprint density at radius 3 is 2.15 bits per heavy atom. The van der Waals surface area contributed by atoms with Gasteiger partial charge in [0, 0.05) is 16.7 Å². The van der Waals surface area contributed by atoms with Crippen LogP contribution < -0.4 is 0 Å². The van der Waals surface area contributed by atoms with E-state index in [9.17, 15) is 9.59 Å². The number of Topliss-reactive ketones (excluding diaryl/α,β-unsaturated/α-hetero) is 1. The third-order valence-electron chi connectivity index (χ3n) is 3.28. The van der Waals surface area contributed by atoms with E-state index in [1.165, 1.54) is 6.08 Å². The molecule has 0 saturated carbocycles. The monoisotopic (exact) mass is 259 g/mol. The van der Waals surface area contributed by atoms with Crippen molar-refractivity contribution < 1.29 is 9.59 Å². The Hall–Kier alpha value is -2.99. The van der Waals surface area contributed by atoms with Gasteiger partial charge in [-0.2, -0.15) is 5.26 Å². The summed E-state index contributed by atoms with van der Waals surface area (Å²) in [5.74, 6) is -0.329. The summed E-state index contributed by atoms with van der Waals surface area (Å²) in [5, 5.41) is 8.78. The van der Waals surface area contributed by atoms with Crippen molar-refractivity contribution in [1.29, 1.82) is 5.26 Å². The molecule has 0 atom stereocenters. The van der Waals surface area contributed by atoms with Crippen LogP contribution in [-0.4, -0.2) is 11.6 Å². The quantitative estimate of drug-likeness (QED) is 0.791. The minimum absolute atomic E-state index is 0.162. The summed E-state index contributed by atoms with van der Waals surface area (Å²) in [4.78, 5) is 24.5. The topological polar surface area (TPSA) is 57.9 Å². The number of nitrogens with zero attached hydrogens (tertiary/aromatic N) is 1. The smallest absolute Gasteiger partial charge is 0.194 e. The highest BCUT2D eigenvalue weighted by Crippen LogP contribution is 2.27. The first-order valence-corrected chi connectivity index (χ1v) is 6.11. The first kappa shape index (κ1) is 12.1. The maximum absolute atomic E-state index is 12.4. The van der Waals surface area contributed by atoms with E-state index in [0.717, 1.165) is 0 Å². The molecule has 0 aromatic heterocycles. The molecule has 3 nitrogen and oxygen atoms in total. The fraction of sp³-hybridized carbons (Fsp3) is 0. The molecule has 2 aromatic carbocycles. The van der Waals surface area contributed by atoms with E-state index in [4.69, 9.17) is 5.26 Å². The first-order valence-electron chi connectivity index (χ1n) is 6.11. The first-order chi connectivity index (χ1) is 9.70. The average Bonchev–Trinajstić information content (AvgIpc) is 2.51. The normalized spacial score (nSPS) is 13.4. The van der Waals surface area contributed by atoms with Crippen molar-refractivity contribution in [2.24, 2.45) is 0 Å². The van der Waals surface area contributed by atoms with E-state index in [0.29, 0.717) is 27.8 Å². The van der Waals surface area contributed by atoms with Gasteiger partial charge in [0.25, 0.3) is 0 Å². The van der Waals surface area contributed by atoms with Gasteiger partial charge in [-0.3, -0.25) is 9.59 Å². The van der Waals surface area contributed by atoms with Crippen LogP contribution in [0.5, 0.6) is 0 Å². The van der Waals surface area contributed by atoms with E-state index < -0.39 is 0 Å².